The minimum absolute atomic E-state index is 0.174. The second-order valence-corrected chi connectivity index (χ2v) is 3.74. The standard InChI is InChI=1S/C13H14N2O3/c1-9-11(5-7-18-9)12(16)15-8-10-4-3-6-14-13(10)17-2/h3-7H,8H2,1-2H3,(H,15,16). The van der Waals surface area contributed by atoms with Crippen molar-refractivity contribution < 1.29 is 13.9 Å². The molecule has 0 aromatic carbocycles. The topological polar surface area (TPSA) is 64.4 Å². The summed E-state index contributed by atoms with van der Waals surface area (Å²) in [5.41, 5.74) is 1.37. The molecule has 0 atom stereocenters. The summed E-state index contributed by atoms with van der Waals surface area (Å²) in [5.74, 6) is 0.944. The summed E-state index contributed by atoms with van der Waals surface area (Å²) in [4.78, 5) is 15.9. The molecule has 0 saturated carbocycles. The van der Waals surface area contributed by atoms with Crippen LogP contribution in [0.5, 0.6) is 5.88 Å². The Morgan fingerprint density at radius 3 is 3.00 bits per heavy atom. The average Bonchev–Trinajstić information content (AvgIpc) is 2.82. The first-order chi connectivity index (χ1) is 8.72. The second kappa shape index (κ2) is 5.35. The Labute approximate surface area is 105 Å². The van der Waals surface area contributed by atoms with E-state index in [0.29, 0.717) is 23.7 Å². The quantitative estimate of drug-likeness (QED) is 0.895. The molecule has 0 saturated heterocycles. The highest BCUT2D eigenvalue weighted by Crippen LogP contribution is 2.14. The first kappa shape index (κ1) is 12.2. The van der Waals surface area contributed by atoms with Crippen LogP contribution in [0.3, 0.4) is 0 Å². The molecule has 1 amide bonds. The molecule has 94 valence electrons. The molecule has 0 aliphatic carbocycles. The number of methoxy groups -OCH3 is 1. The molecule has 1 N–H and O–H groups in total. The zero-order chi connectivity index (χ0) is 13.0. The summed E-state index contributed by atoms with van der Waals surface area (Å²) >= 11 is 0. The molecule has 2 aromatic rings. The minimum Gasteiger partial charge on any atom is -0.481 e. The number of aryl methyl sites for hydroxylation is 1. The van der Waals surface area contributed by atoms with Crippen molar-refractivity contribution in [2.45, 2.75) is 13.5 Å². The van der Waals surface area contributed by atoms with Gasteiger partial charge in [0.25, 0.3) is 5.91 Å². The lowest BCUT2D eigenvalue weighted by atomic mass is 10.2. The van der Waals surface area contributed by atoms with E-state index in [4.69, 9.17) is 9.15 Å². The van der Waals surface area contributed by atoms with Crippen molar-refractivity contribution in [2.75, 3.05) is 7.11 Å². The van der Waals surface area contributed by atoms with Crippen LogP contribution in [0.4, 0.5) is 0 Å². The molecule has 0 spiro atoms. The molecule has 5 heteroatoms. The molecule has 0 aliphatic rings. The van der Waals surface area contributed by atoms with Crippen LogP contribution >= 0.6 is 0 Å². The monoisotopic (exact) mass is 246 g/mol. The van der Waals surface area contributed by atoms with Crippen molar-refractivity contribution >= 4 is 5.91 Å². The van der Waals surface area contributed by atoms with E-state index in [9.17, 15) is 4.79 Å². The van der Waals surface area contributed by atoms with Gasteiger partial charge in [-0.3, -0.25) is 4.79 Å². The average molecular weight is 246 g/mol. The fourth-order valence-electron chi connectivity index (χ4n) is 1.63. The third-order valence-electron chi connectivity index (χ3n) is 2.59. The van der Waals surface area contributed by atoms with Gasteiger partial charge in [-0.1, -0.05) is 6.07 Å². The fraction of sp³-hybridized carbons (Fsp3) is 0.231. The lowest BCUT2D eigenvalue weighted by molar-refractivity contribution is 0.0949. The Bertz CT molecular complexity index is 549. The number of amides is 1. The van der Waals surface area contributed by atoms with Crippen LogP contribution in [0.15, 0.2) is 35.1 Å². The molecular formula is C13H14N2O3. The van der Waals surface area contributed by atoms with E-state index in [2.05, 4.69) is 10.3 Å². The number of hydrogen-bond donors (Lipinski definition) is 1. The maximum Gasteiger partial charge on any atom is 0.255 e. The van der Waals surface area contributed by atoms with Gasteiger partial charge in [-0.2, -0.15) is 0 Å². The van der Waals surface area contributed by atoms with Crippen LogP contribution in [-0.4, -0.2) is 18.0 Å². The zero-order valence-corrected chi connectivity index (χ0v) is 10.3. The van der Waals surface area contributed by atoms with Crippen molar-refractivity contribution in [2.24, 2.45) is 0 Å². The molecule has 0 unspecified atom stereocenters. The number of hydrogen-bond acceptors (Lipinski definition) is 4. The summed E-state index contributed by atoms with van der Waals surface area (Å²) < 4.78 is 10.2. The van der Waals surface area contributed by atoms with Crippen LogP contribution in [0.25, 0.3) is 0 Å². The van der Waals surface area contributed by atoms with Gasteiger partial charge in [-0.15, -0.1) is 0 Å². The van der Waals surface area contributed by atoms with Gasteiger partial charge in [0.1, 0.15) is 5.76 Å². The number of carbonyl (C=O) groups is 1. The highest BCUT2D eigenvalue weighted by atomic mass is 16.5. The SMILES string of the molecule is COc1ncccc1CNC(=O)c1ccoc1C. The van der Waals surface area contributed by atoms with Gasteiger partial charge in [0.2, 0.25) is 5.88 Å². The number of furan rings is 1. The van der Waals surface area contributed by atoms with Crippen molar-refractivity contribution in [1.82, 2.24) is 10.3 Å². The van der Waals surface area contributed by atoms with Crippen molar-refractivity contribution in [3.63, 3.8) is 0 Å². The van der Waals surface area contributed by atoms with Gasteiger partial charge >= 0.3 is 0 Å². The normalized spacial score (nSPS) is 10.1. The lowest BCUT2D eigenvalue weighted by Gasteiger charge is -2.07. The van der Waals surface area contributed by atoms with Crippen LogP contribution in [0, 0.1) is 6.92 Å². The van der Waals surface area contributed by atoms with Gasteiger partial charge in [-0.05, 0) is 19.1 Å². The van der Waals surface area contributed by atoms with Gasteiger partial charge in [0.05, 0.1) is 18.9 Å². The number of nitrogens with zero attached hydrogens (tertiary/aromatic N) is 1. The van der Waals surface area contributed by atoms with E-state index in [1.807, 2.05) is 6.07 Å². The number of aromatic nitrogens is 1. The first-order valence-electron chi connectivity index (χ1n) is 5.52. The van der Waals surface area contributed by atoms with Crippen molar-refractivity contribution in [1.29, 1.82) is 0 Å². The Morgan fingerprint density at radius 1 is 1.50 bits per heavy atom. The zero-order valence-electron chi connectivity index (χ0n) is 10.3. The van der Waals surface area contributed by atoms with Gasteiger partial charge in [0, 0.05) is 18.3 Å². The van der Waals surface area contributed by atoms with Crippen LogP contribution < -0.4 is 10.1 Å². The molecule has 0 fully saturated rings. The summed E-state index contributed by atoms with van der Waals surface area (Å²) in [5, 5.41) is 2.80. The van der Waals surface area contributed by atoms with E-state index >= 15 is 0 Å². The molecule has 0 radical (unpaired) electrons. The highest BCUT2D eigenvalue weighted by Gasteiger charge is 2.12. The van der Waals surface area contributed by atoms with Crippen LogP contribution in [0.1, 0.15) is 21.7 Å². The Hall–Kier alpha value is -2.30. The number of rotatable bonds is 4. The fourth-order valence-corrected chi connectivity index (χ4v) is 1.63. The largest absolute Gasteiger partial charge is 0.481 e. The van der Waals surface area contributed by atoms with Crippen LogP contribution in [0.2, 0.25) is 0 Å². The first-order valence-corrected chi connectivity index (χ1v) is 5.52. The minimum atomic E-state index is -0.174. The maximum atomic E-state index is 11.9. The molecular weight excluding hydrogens is 232 g/mol. The van der Waals surface area contributed by atoms with Gasteiger partial charge < -0.3 is 14.5 Å². The number of nitrogens with one attached hydrogen (secondary N) is 1. The van der Waals surface area contributed by atoms with E-state index in [-0.39, 0.29) is 5.91 Å². The van der Waals surface area contributed by atoms with Crippen LogP contribution in [-0.2, 0) is 6.54 Å². The Balaban J connectivity index is 2.04. The van der Waals surface area contributed by atoms with Gasteiger partial charge in [0.15, 0.2) is 0 Å². The van der Waals surface area contributed by atoms with Crippen molar-refractivity contribution in [3.8, 4) is 5.88 Å². The smallest absolute Gasteiger partial charge is 0.255 e. The summed E-state index contributed by atoms with van der Waals surface area (Å²) in [6.07, 6.45) is 3.14. The summed E-state index contributed by atoms with van der Waals surface area (Å²) in [7, 11) is 1.55. The molecule has 5 nitrogen and oxygen atoms in total. The lowest BCUT2D eigenvalue weighted by Crippen LogP contribution is -2.23. The predicted molar refractivity (Wildman–Crippen MR) is 65.4 cm³/mol. The number of pyridine rings is 1. The Kier molecular flexibility index (Phi) is 3.62. The second-order valence-electron chi connectivity index (χ2n) is 3.74. The maximum absolute atomic E-state index is 11.9. The third kappa shape index (κ3) is 2.51. The summed E-state index contributed by atoms with van der Waals surface area (Å²) in [6, 6.07) is 5.30. The molecule has 18 heavy (non-hydrogen) atoms. The van der Waals surface area contributed by atoms with Gasteiger partial charge in [-0.25, -0.2) is 4.98 Å². The van der Waals surface area contributed by atoms with Crippen molar-refractivity contribution in [3.05, 3.63) is 47.5 Å². The molecule has 2 aromatic heterocycles. The Morgan fingerprint density at radius 2 is 2.33 bits per heavy atom. The van der Waals surface area contributed by atoms with E-state index in [1.54, 1.807) is 32.4 Å². The highest BCUT2D eigenvalue weighted by molar-refractivity contribution is 5.94. The molecule has 2 heterocycles. The van der Waals surface area contributed by atoms with E-state index in [0.717, 1.165) is 5.56 Å². The molecule has 0 bridgehead atoms. The summed E-state index contributed by atoms with van der Waals surface area (Å²) in [6.45, 7) is 2.11. The third-order valence-corrected chi connectivity index (χ3v) is 2.59. The molecule has 2 rings (SSSR count). The van der Waals surface area contributed by atoms with E-state index in [1.165, 1.54) is 6.26 Å². The molecule has 0 aliphatic heterocycles. The number of carbonyl (C=O) groups excluding carboxylic acids is 1. The predicted octanol–water partition coefficient (Wildman–Crippen LogP) is 1.92. The number of ether oxygens (including phenoxy) is 1. The van der Waals surface area contributed by atoms with E-state index < -0.39 is 0 Å².